The van der Waals surface area contributed by atoms with E-state index in [0.717, 1.165) is 30.1 Å². The number of fused-ring (bicyclic) bond motifs is 1. The summed E-state index contributed by atoms with van der Waals surface area (Å²) in [6.45, 7) is 4.97. The van der Waals surface area contributed by atoms with Crippen molar-refractivity contribution in [2.24, 2.45) is 0 Å². The first-order valence-electron chi connectivity index (χ1n) is 12.1. The maximum absolute atomic E-state index is 12.6. The van der Waals surface area contributed by atoms with Crippen LogP contribution in [-0.2, 0) is 0 Å². The molecule has 1 aliphatic heterocycles. The van der Waals surface area contributed by atoms with Crippen molar-refractivity contribution in [2.45, 2.75) is 6.92 Å². The number of nitrogens with zero attached hydrogens (tertiary/aromatic N) is 3. The largest absolute Gasteiger partial charge is 0.497 e. The van der Waals surface area contributed by atoms with Crippen molar-refractivity contribution in [2.75, 3.05) is 48.4 Å². The highest BCUT2D eigenvalue weighted by Gasteiger charge is 2.21. The van der Waals surface area contributed by atoms with Crippen LogP contribution in [0.1, 0.15) is 26.3 Å². The van der Waals surface area contributed by atoms with Crippen LogP contribution in [0.4, 0.5) is 17.2 Å². The van der Waals surface area contributed by atoms with Gasteiger partial charge in [0.05, 0.1) is 18.2 Å². The Morgan fingerprint density at radius 2 is 1.48 bits per heavy atom. The lowest BCUT2D eigenvalue weighted by Crippen LogP contribution is -2.46. The lowest BCUT2D eigenvalue weighted by molar-refractivity contribution is 0.0698. The molecule has 0 aliphatic carbocycles. The molecule has 40 heavy (non-hydrogen) atoms. The summed E-state index contributed by atoms with van der Waals surface area (Å²) in [5.74, 6) is 0.167. The van der Waals surface area contributed by atoms with Crippen molar-refractivity contribution in [3.8, 4) is 5.75 Å². The molecule has 3 aromatic carbocycles. The molecule has 1 saturated heterocycles. The number of amides is 1. The molecule has 8 nitrogen and oxygen atoms in total. The Morgan fingerprint density at radius 3 is 2.08 bits per heavy atom. The summed E-state index contributed by atoms with van der Waals surface area (Å²) < 4.78 is 5.24. The smallest absolute Gasteiger partial charge is 0.336 e. The molecule has 1 aliphatic rings. The number of hydrogen-bond donors (Lipinski definition) is 2. The normalized spacial score (nSPS) is 12.4. The molecular weight excluding hydrogens is 575 g/mol. The average Bonchev–Trinajstić information content (AvgIpc) is 2.93. The number of carboxylic acid groups (broad SMARTS) is 1. The molecule has 1 amide bonds. The van der Waals surface area contributed by atoms with Gasteiger partial charge in [0.25, 0.3) is 5.91 Å². The minimum Gasteiger partial charge on any atom is -0.497 e. The number of aryl methyl sites for hydroxylation is 1. The molecule has 2 N–H and O–H groups in total. The van der Waals surface area contributed by atoms with Gasteiger partial charge in [-0.2, -0.15) is 0 Å². The lowest BCUT2D eigenvalue weighted by Gasteiger charge is -2.37. The number of benzene rings is 3. The van der Waals surface area contributed by atoms with E-state index in [1.54, 1.807) is 43.5 Å². The summed E-state index contributed by atoms with van der Waals surface area (Å²) in [6, 6.07) is 22.0. The zero-order chi connectivity index (χ0) is 25.9. The van der Waals surface area contributed by atoms with Crippen molar-refractivity contribution in [1.29, 1.82) is 0 Å². The van der Waals surface area contributed by atoms with Gasteiger partial charge in [-0.05, 0) is 67.6 Å². The van der Waals surface area contributed by atoms with Crippen LogP contribution in [0.15, 0.2) is 72.8 Å². The predicted octanol–water partition coefficient (Wildman–Crippen LogP) is 6.09. The quantitative estimate of drug-likeness (QED) is 0.274. The van der Waals surface area contributed by atoms with Crippen molar-refractivity contribution >= 4 is 77.2 Å². The number of carboxylic acids is 1. The van der Waals surface area contributed by atoms with Crippen LogP contribution < -0.4 is 19.9 Å². The van der Waals surface area contributed by atoms with E-state index in [9.17, 15) is 14.7 Å². The fraction of sp³-hybridized carbons (Fsp3) is 0.207. The first kappa shape index (κ1) is 32.5. The van der Waals surface area contributed by atoms with Gasteiger partial charge in [0.1, 0.15) is 11.6 Å². The summed E-state index contributed by atoms with van der Waals surface area (Å²) in [4.78, 5) is 34.0. The van der Waals surface area contributed by atoms with E-state index in [1.807, 2.05) is 43.3 Å². The third-order valence-corrected chi connectivity index (χ3v) is 6.64. The van der Waals surface area contributed by atoms with E-state index in [1.165, 1.54) is 0 Å². The Kier molecular flexibility index (Phi) is 11.4. The molecular formula is C29H31Cl3N4O4. The van der Waals surface area contributed by atoms with Gasteiger partial charge < -0.3 is 25.0 Å². The molecule has 2 heterocycles. The minimum atomic E-state index is -1.03. The van der Waals surface area contributed by atoms with E-state index in [2.05, 4.69) is 15.1 Å². The van der Waals surface area contributed by atoms with Gasteiger partial charge in [-0.15, -0.1) is 37.2 Å². The molecule has 5 rings (SSSR count). The molecule has 0 radical (unpaired) electrons. The highest BCUT2D eigenvalue weighted by Crippen LogP contribution is 2.28. The molecule has 0 unspecified atom stereocenters. The van der Waals surface area contributed by atoms with E-state index < -0.39 is 5.97 Å². The minimum absolute atomic E-state index is 0. The van der Waals surface area contributed by atoms with Crippen LogP contribution in [0.2, 0.25) is 0 Å². The number of anilines is 3. The van der Waals surface area contributed by atoms with E-state index in [0.29, 0.717) is 41.1 Å². The Bertz CT molecular complexity index is 1460. The fourth-order valence-corrected chi connectivity index (χ4v) is 4.52. The second-order valence-corrected chi connectivity index (χ2v) is 9.06. The predicted molar refractivity (Wildman–Crippen MR) is 167 cm³/mol. The second-order valence-electron chi connectivity index (χ2n) is 9.06. The zero-order valence-electron chi connectivity index (χ0n) is 22.0. The highest BCUT2D eigenvalue weighted by molar-refractivity contribution is 6.08. The van der Waals surface area contributed by atoms with Crippen molar-refractivity contribution in [1.82, 2.24) is 4.98 Å². The number of hydrogen-bond acceptors (Lipinski definition) is 6. The molecule has 11 heteroatoms. The first-order chi connectivity index (χ1) is 17.9. The van der Waals surface area contributed by atoms with Crippen LogP contribution in [0.25, 0.3) is 10.9 Å². The van der Waals surface area contributed by atoms with Crippen molar-refractivity contribution < 1.29 is 19.4 Å². The summed E-state index contributed by atoms with van der Waals surface area (Å²) >= 11 is 0. The highest BCUT2D eigenvalue weighted by atomic mass is 35.5. The van der Waals surface area contributed by atoms with Gasteiger partial charge >= 0.3 is 5.97 Å². The fourth-order valence-electron chi connectivity index (χ4n) is 4.52. The number of ether oxygens (including phenoxy) is 1. The van der Waals surface area contributed by atoms with Crippen LogP contribution in [0.3, 0.4) is 0 Å². The van der Waals surface area contributed by atoms with Crippen LogP contribution in [0, 0.1) is 6.92 Å². The molecule has 4 aromatic rings. The maximum Gasteiger partial charge on any atom is 0.336 e. The maximum atomic E-state index is 12.6. The summed E-state index contributed by atoms with van der Waals surface area (Å²) in [6.07, 6.45) is 0. The van der Waals surface area contributed by atoms with E-state index >= 15 is 0 Å². The number of rotatable bonds is 6. The molecule has 0 spiro atoms. The number of carbonyl (C=O) groups excluding carboxylic acids is 1. The summed E-state index contributed by atoms with van der Waals surface area (Å²) in [5.41, 5.74) is 3.97. The zero-order valence-corrected chi connectivity index (χ0v) is 24.4. The van der Waals surface area contributed by atoms with Crippen molar-refractivity contribution in [3.05, 3.63) is 89.5 Å². The number of aromatic carboxylic acids is 1. The van der Waals surface area contributed by atoms with Gasteiger partial charge in [-0.3, -0.25) is 4.79 Å². The number of halogens is 3. The topological polar surface area (TPSA) is 95.0 Å². The third-order valence-electron chi connectivity index (χ3n) is 6.64. The van der Waals surface area contributed by atoms with E-state index in [4.69, 9.17) is 9.72 Å². The first-order valence-corrected chi connectivity index (χ1v) is 12.1. The molecule has 0 saturated carbocycles. The summed E-state index contributed by atoms with van der Waals surface area (Å²) in [5, 5.41) is 13.3. The van der Waals surface area contributed by atoms with Crippen LogP contribution in [0.5, 0.6) is 5.75 Å². The molecule has 0 atom stereocenters. The van der Waals surface area contributed by atoms with Gasteiger partial charge in [0.15, 0.2) is 0 Å². The van der Waals surface area contributed by atoms with Crippen LogP contribution in [-0.4, -0.2) is 55.3 Å². The second kappa shape index (κ2) is 14.1. The monoisotopic (exact) mass is 604 g/mol. The summed E-state index contributed by atoms with van der Waals surface area (Å²) in [7, 11) is 1.65. The number of piperazine rings is 1. The molecule has 1 fully saturated rings. The van der Waals surface area contributed by atoms with Gasteiger partial charge in [-0.25, -0.2) is 9.78 Å². The number of carbonyl (C=O) groups is 2. The number of methoxy groups -OCH3 is 1. The third kappa shape index (κ3) is 7.07. The number of nitrogens with one attached hydrogen (secondary N) is 1. The Labute approximate surface area is 251 Å². The van der Waals surface area contributed by atoms with Gasteiger partial charge in [0, 0.05) is 48.5 Å². The van der Waals surface area contributed by atoms with Gasteiger partial charge in [-0.1, -0.05) is 17.7 Å². The Balaban J connectivity index is 0.00000187. The van der Waals surface area contributed by atoms with Crippen molar-refractivity contribution in [3.63, 3.8) is 0 Å². The van der Waals surface area contributed by atoms with Crippen LogP contribution >= 0.6 is 37.2 Å². The van der Waals surface area contributed by atoms with Gasteiger partial charge in [0.2, 0.25) is 0 Å². The standard InChI is InChI=1S/C29H28N4O4.3ClH/c1-19-3-5-20(6-4-19)28(34)30-21-7-12-26-24(17-21)25(29(35)36)18-27(31-26)33-15-13-32(14-16-33)22-8-10-23(37-2)11-9-22;;;/h3-12,17-18H,13-16H2,1-2H3,(H,30,34)(H,35,36);3*1H. The molecule has 1 aromatic heterocycles. The lowest BCUT2D eigenvalue weighted by atomic mass is 10.1. The molecule has 0 bridgehead atoms. The average molecular weight is 606 g/mol. The SMILES string of the molecule is COc1ccc(N2CCN(c3cc(C(=O)O)c4cc(NC(=O)c5ccc(C)cc5)ccc4n3)CC2)cc1.Cl.Cl.Cl. The molecule has 212 valence electrons. The number of aromatic nitrogens is 1. The Hall–Kier alpha value is -3.72. The van der Waals surface area contributed by atoms with E-state index in [-0.39, 0.29) is 48.7 Å². The Morgan fingerprint density at radius 1 is 0.850 bits per heavy atom. The number of pyridine rings is 1.